The van der Waals surface area contributed by atoms with Crippen LogP contribution in [0.2, 0.25) is 0 Å². The zero-order valence-corrected chi connectivity index (χ0v) is 13.9. The second-order valence-corrected chi connectivity index (χ2v) is 6.31. The van der Waals surface area contributed by atoms with E-state index in [0.717, 1.165) is 21.2 Å². The second-order valence-electron chi connectivity index (χ2n) is 4.47. The van der Waals surface area contributed by atoms with Gasteiger partial charge in [-0.2, -0.15) is 0 Å². The molecule has 2 aromatic rings. The number of nitrogens with one attached hydrogen (secondary N) is 1. The first kappa shape index (κ1) is 15.7. The van der Waals surface area contributed by atoms with Crippen LogP contribution in [0.5, 0.6) is 5.75 Å². The van der Waals surface area contributed by atoms with Gasteiger partial charge in [0.15, 0.2) is 5.78 Å². The van der Waals surface area contributed by atoms with Gasteiger partial charge < -0.3 is 15.8 Å². The molecule has 0 atom stereocenters. The van der Waals surface area contributed by atoms with Gasteiger partial charge in [0.05, 0.1) is 22.6 Å². The first-order chi connectivity index (χ1) is 10.1. The molecule has 1 heterocycles. The van der Waals surface area contributed by atoms with E-state index in [9.17, 15) is 4.79 Å². The van der Waals surface area contributed by atoms with Crippen LogP contribution >= 0.6 is 23.1 Å². The molecular weight excluding hydrogens is 304 g/mol. The molecule has 6 heteroatoms. The van der Waals surface area contributed by atoms with Crippen molar-refractivity contribution in [3.05, 3.63) is 34.7 Å². The summed E-state index contributed by atoms with van der Waals surface area (Å²) in [7, 11) is 1.65. The number of methoxy groups -OCH3 is 1. The Balaban J connectivity index is 2.19. The van der Waals surface area contributed by atoms with E-state index >= 15 is 0 Å². The van der Waals surface area contributed by atoms with Gasteiger partial charge in [0.2, 0.25) is 0 Å². The van der Waals surface area contributed by atoms with Gasteiger partial charge in [0.1, 0.15) is 10.8 Å². The van der Waals surface area contributed by atoms with Gasteiger partial charge in [-0.25, -0.2) is 0 Å². The SMILES string of the molecule is COc1cccc(CNc2sc(C(C)=O)c(N)c2SC)c1. The van der Waals surface area contributed by atoms with Crippen molar-refractivity contribution in [1.82, 2.24) is 0 Å². The van der Waals surface area contributed by atoms with Gasteiger partial charge in [-0.15, -0.1) is 23.1 Å². The van der Waals surface area contributed by atoms with Crippen molar-refractivity contribution >= 4 is 39.6 Å². The highest BCUT2D eigenvalue weighted by Gasteiger charge is 2.17. The molecule has 0 bridgehead atoms. The lowest BCUT2D eigenvalue weighted by atomic mass is 10.2. The van der Waals surface area contributed by atoms with Crippen molar-refractivity contribution in [2.75, 3.05) is 24.4 Å². The number of benzene rings is 1. The number of anilines is 2. The number of ether oxygens (including phenoxy) is 1. The minimum Gasteiger partial charge on any atom is -0.497 e. The van der Waals surface area contributed by atoms with E-state index in [0.29, 0.717) is 17.1 Å². The summed E-state index contributed by atoms with van der Waals surface area (Å²) in [5.41, 5.74) is 7.72. The van der Waals surface area contributed by atoms with E-state index in [1.807, 2.05) is 30.5 Å². The summed E-state index contributed by atoms with van der Waals surface area (Å²) in [5.74, 6) is 0.830. The van der Waals surface area contributed by atoms with Crippen LogP contribution in [0.15, 0.2) is 29.2 Å². The Morgan fingerprint density at radius 1 is 1.48 bits per heavy atom. The maximum atomic E-state index is 11.6. The molecule has 0 aliphatic rings. The van der Waals surface area contributed by atoms with Crippen molar-refractivity contribution in [1.29, 1.82) is 0 Å². The second kappa shape index (κ2) is 6.87. The summed E-state index contributed by atoms with van der Waals surface area (Å²) < 4.78 is 5.21. The Morgan fingerprint density at radius 3 is 2.86 bits per heavy atom. The van der Waals surface area contributed by atoms with E-state index in [1.54, 1.807) is 18.9 Å². The molecule has 0 aliphatic heterocycles. The summed E-state index contributed by atoms with van der Waals surface area (Å²) in [6.45, 7) is 2.19. The van der Waals surface area contributed by atoms with Gasteiger partial charge >= 0.3 is 0 Å². The molecule has 2 rings (SSSR count). The minimum absolute atomic E-state index is 0.00207. The lowest BCUT2D eigenvalue weighted by Crippen LogP contribution is -1.99. The van der Waals surface area contributed by atoms with Crippen LogP contribution in [-0.4, -0.2) is 19.1 Å². The van der Waals surface area contributed by atoms with Crippen LogP contribution in [0.4, 0.5) is 10.7 Å². The number of rotatable bonds is 6. The number of thiophene rings is 1. The highest BCUT2D eigenvalue weighted by Crippen LogP contribution is 2.42. The van der Waals surface area contributed by atoms with Gasteiger partial charge in [0.25, 0.3) is 0 Å². The van der Waals surface area contributed by atoms with E-state index in [4.69, 9.17) is 10.5 Å². The van der Waals surface area contributed by atoms with E-state index < -0.39 is 0 Å². The molecule has 3 N–H and O–H groups in total. The number of nitrogens with two attached hydrogens (primary N) is 1. The quantitative estimate of drug-likeness (QED) is 0.624. The minimum atomic E-state index is 0.00207. The predicted molar refractivity (Wildman–Crippen MR) is 90.8 cm³/mol. The van der Waals surface area contributed by atoms with Crippen molar-refractivity contribution in [2.24, 2.45) is 0 Å². The van der Waals surface area contributed by atoms with E-state index in [1.165, 1.54) is 18.3 Å². The highest BCUT2D eigenvalue weighted by atomic mass is 32.2. The fraction of sp³-hybridized carbons (Fsp3) is 0.267. The van der Waals surface area contributed by atoms with Crippen LogP contribution in [0, 0.1) is 0 Å². The average Bonchev–Trinajstić information content (AvgIpc) is 2.81. The third kappa shape index (κ3) is 3.51. The monoisotopic (exact) mass is 322 g/mol. The number of hydrogen-bond donors (Lipinski definition) is 2. The van der Waals surface area contributed by atoms with E-state index in [-0.39, 0.29) is 5.78 Å². The normalized spacial score (nSPS) is 10.4. The van der Waals surface area contributed by atoms with Crippen molar-refractivity contribution < 1.29 is 9.53 Å². The molecule has 4 nitrogen and oxygen atoms in total. The van der Waals surface area contributed by atoms with Gasteiger partial charge in [-0.05, 0) is 24.0 Å². The maximum absolute atomic E-state index is 11.6. The van der Waals surface area contributed by atoms with Crippen LogP contribution in [0.1, 0.15) is 22.2 Å². The molecule has 112 valence electrons. The van der Waals surface area contributed by atoms with Crippen molar-refractivity contribution in [3.8, 4) is 5.75 Å². The van der Waals surface area contributed by atoms with Crippen molar-refractivity contribution in [2.45, 2.75) is 18.4 Å². The Kier molecular flexibility index (Phi) is 5.14. The van der Waals surface area contributed by atoms with Gasteiger partial charge in [0, 0.05) is 13.5 Å². The average molecular weight is 322 g/mol. The summed E-state index contributed by atoms with van der Waals surface area (Å²) in [4.78, 5) is 13.1. The number of hydrogen-bond acceptors (Lipinski definition) is 6. The molecule has 0 aliphatic carbocycles. The fourth-order valence-corrected chi connectivity index (χ4v) is 3.90. The Labute approximate surface area is 132 Å². The van der Waals surface area contributed by atoms with Crippen molar-refractivity contribution in [3.63, 3.8) is 0 Å². The number of nitrogen functional groups attached to an aromatic ring is 1. The largest absolute Gasteiger partial charge is 0.497 e. The Bertz CT molecular complexity index is 653. The molecule has 1 aromatic heterocycles. The summed E-state index contributed by atoms with van der Waals surface area (Å²) in [6, 6.07) is 7.87. The zero-order valence-electron chi connectivity index (χ0n) is 12.2. The third-order valence-electron chi connectivity index (χ3n) is 3.01. The lowest BCUT2D eigenvalue weighted by molar-refractivity contribution is 0.102. The van der Waals surface area contributed by atoms with Gasteiger partial charge in [-0.3, -0.25) is 4.79 Å². The fourth-order valence-electron chi connectivity index (χ4n) is 1.97. The summed E-state index contributed by atoms with van der Waals surface area (Å²) >= 11 is 2.96. The molecule has 21 heavy (non-hydrogen) atoms. The molecule has 0 spiro atoms. The molecular formula is C15H18N2O2S2. The molecule has 0 unspecified atom stereocenters. The maximum Gasteiger partial charge on any atom is 0.171 e. The number of carbonyl (C=O) groups excluding carboxylic acids is 1. The Hall–Kier alpha value is -1.66. The van der Waals surface area contributed by atoms with E-state index in [2.05, 4.69) is 5.32 Å². The number of ketones is 1. The molecule has 0 saturated carbocycles. The van der Waals surface area contributed by atoms with Crippen LogP contribution in [-0.2, 0) is 6.54 Å². The zero-order chi connectivity index (χ0) is 15.4. The standard InChI is InChI=1S/C15H18N2O2S2/c1-9(18)13-12(16)14(20-3)15(21-13)17-8-10-5-4-6-11(7-10)19-2/h4-7,17H,8,16H2,1-3H3. The smallest absolute Gasteiger partial charge is 0.171 e. The summed E-state index contributed by atoms with van der Waals surface area (Å²) in [5, 5.41) is 4.30. The van der Waals surface area contributed by atoms with Crippen LogP contribution in [0.25, 0.3) is 0 Å². The third-order valence-corrected chi connectivity index (χ3v) is 5.24. The topological polar surface area (TPSA) is 64.3 Å². The first-order valence-electron chi connectivity index (χ1n) is 6.40. The number of Topliss-reactive ketones (excluding diaryl/α,β-unsaturated/α-hetero) is 1. The lowest BCUT2D eigenvalue weighted by Gasteiger charge is -2.08. The molecule has 0 fully saturated rings. The molecule has 0 radical (unpaired) electrons. The first-order valence-corrected chi connectivity index (χ1v) is 8.45. The van der Waals surface area contributed by atoms with Gasteiger partial charge in [-0.1, -0.05) is 12.1 Å². The molecule has 1 aromatic carbocycles. The molecule has 0 amide bonds. The highest BCUT2D eigenvalue weighted by molar-refractivity contribution is 7.99. The van der Waals surface area contributed by atoms with Crippen LogP contribution in [0.3, 0.4) is 0 Å². The molecule has 0 saturated heterocycles. The summed E-state index contributed by atoms with van der Waals surface area (Å²) in [6.07, 6.45) is 1.96. The number of thioether (sulfide) groups is 1. The number of carbonyl (C=O) groups is 1. The predicted octanol–water partition coefficient (Wildman–Crippen LogP) is 3.88. The van der Waals surface area contributed by atoms with Crippen LogP contribution < -0.4 is 15.8 Å². The Morgan fingerprint density at radius 2 is 2.24 bits per heavy atom.